The summed E-state index contributed by atoms with van der Waals surface area (Å²) in [4.78, 5) is 24.3. The topological polar surface area (TPSA) is 73.2 Å². The molecule has 2 aromatic rings. The Balaban J connectivity index is 2.13. The quantitative estimate of drug-likeness (QED) is 0.873. The van der Waals surface area contributed by atoms with E-state index >= 15 is 0 Å². The smallest absolute Gasteiger partial charge is 0.267 e. The second kappa shape index (κ2) is 7.14. The third-order valence-corrected chi connectivity index (χ3v) is 3.78. The third kappa shape index (κ3) is 3.99. The van der Waals surface area contributed by atoms with Crippen molar-refractivity contribution in [1.82, 2.24) is 15.1 Å². The molecule has 21 heavy (non-hydrogen) atoms. The summed E-state index contributed by atoms with van der Waals surface area (Å²) in [6.07, 6.45) is 0. The van der Waals surface area contributed by atoms with E-state index < -0.39 is 0 Å². The van der Waals surface area contributed by atoms with Crippen molar-refractivity contribution in [2.45, 2.75) is 13.0 Å². The summed E-state index contributed by atoms with van der Waals surface area (Å²) in [6.45, 7) is 2.16. The molecule has 0 aliphatic heterocycles. The lowest BCUT2D eigenvalue weighted by Crippen LogP contribution is -2.36. The van der Waals surface area contributed by atoms with Crippen LogP contribution in [0.1, 0.15) is 13.0 Å². The van der Waals surface area contributed by atoms with Gasteiger partial charge in [-0.2, -0.15) is 5.10 Å². The molecule has 0 bridgehead atoms. The highest BCUT2D eigenvalue weighted by atomic mass is 32.1. The molecule has 0 aliphatic carbocycles. The molecule has 1 unspecified atom stereocenters. The molecule has 0 fully saturated rings. The summed E-state index contributed by atoms with van der Waals surface area (Å²) in [5, 5.41) is 9.03. The molecule has 1 N–H and O–H groups in total. The van der Waals surface area contributed by atoms with E-state index in [-0.39, 0.29) is 24.1 Å². The van der Waals surface area contributed by atoms with Crippen LogP contribution in [-0.4, -0.2) is 35.9 Å². The van der Waals surface area contributed by atoms with Crippen LogP contribution in [0.25, 0.3) is 10.6 Å². The van der Waals surface area contributed by atoms with Gasteiger partial charge in [-0.3, -0.25) is 9.59 Å². The van der Waals surface area contributed by atoms with Gasteiger partial charge < -0.3 is 10.1 Å². The number of amides is 1. The molecular weight excluding hydrogens is 290 g/mol. The Morgan fingerprint density at radius 1 is 1.48 bits per heavy atom. The Labute approximate surface area is 126 Å². The van der Waals surface area contributed by atoms with E-state index in [0.717, 1.165) is 10.6 Å². The van der Waals surface area contributed by atoms with E-state index in [4.69, 9.17) is 4.74 Å². The molecule has 6 nitrogen and oxygen atoms in total. The van der Waals surface area contributed by atoms with E-state index in [1.807, 2.05) is 24.4 Å². The van der Waals surface area contributed by atoms with Crippen LogP contribution >= 0.6 is 11.3 Å². The molecule has 112 valence electrons. The number of methoxy groups -OCH3 is 1. The van der Waals surface area contributed by atoms with E-state index in [0.29, 0.717) is 6.54 Å². The Kier molecular flexibility index (Phi) is 5.24. The van der Waals surface area contributed by atoms with E-state index in [9.17, 15) is 9.59 Å². The molecule has 2 heterocycles. The lowest BCUT2D eigenvalue weighted by molar-refractivity contribution is -0.124. The highest BCUT2D eigenvalue weighted by Gasteiger charge is 2.11. The molecule has 2 rings (SSSR count). The molecule has 2 aromatic heterocycles. The first-order chi connectivity index (χ1) is 10.1. The van der Waals surface area contributed by atoms with Crippen LogP contribution in [0, 0.1) is 0 Å². The summed E-state index contributed by atoms with van der Waals surface area (Å²) in [5.41, 5.74) is 0.559. The summed E-state index contributed by atoms with van der Waals surface area (Å²) >= 11 is 1.56. The van der Waals surface area contributed by atoms with Crippen molar-refractivity contribution >= 4 is 17.2 Å². The highest BCUT2D eigenvalue weighted by Crippen LogP contribution is 2.21. The number of carbonyl (C=O) groups is 1. The zero-order chi connectivity index (χ0) is 15.2. The number of rotatable bonds is 6. The fraction of sp³-hybridized carbons (Fsp3) is 0.357. The number of aromatic nitrogens is 2. The minimum Gasteiger partial charge on any atom is -0.375 e. The number of ether oxygens (including phenoxy) is 1. The summed E-state index contributed by atoms with van der Waals surface area (Å²) in [7, 11) is 1.46. The molecule has 0 aromatic carbocycles. The normalized spacial score (nSPS) is 12.1. The number of hydrogen-bond acceptors (Lipinski definition) is 5. The largest absolute Gasteiger partial charge is 0.375 e. The number of nitrogens with zero attached hydrogens (tertiary/aromatic N) is 2. The highest BCUT2D eigenvalue weighted by molar-refractivity contribution is 7.13. The van der Waals surface area contributed by atoms with Gasteiger partial charge in [0.15, 0.2) is 0 Å². The molecule has 0 saturated heterocycles. The maximum atomic E-state index is 11.9. The van der Waals surface area contributed by atoms with Crippen molar-refractivity contribution in [2.24, 2.45) is 0 Å². The number of carbonyl (C=O) groups excluding carboxylic acids is 1. The molecule has 0 saturated carbocycles. The van der Waals surface area contributed by atoms with E-state index in [1.54, 1.807) is 17.4 Å². The van der Waals surface area contributed by atoms with Gasteiger partial charge in [-0.25, -0.2) is 4.68 Å². The Morgan fingerprint density at radius 3 is 2.95 bits per heavy atom. The SMILES string of the molecule is COCC(=O)NCC(C)n1nc(-c2cccs2)ccc1=O. The van der Waals surface area contributed by atoms with Gasteiger partial charge in [0.25, 0.3) is 5.56 Å². The maximum Gasteiger partial charge on any atom is 0.267 e. The number of hydrogen-bond donors (Lipinski definition) is 1. The van der Waals surface area contributed by atoms with E-state index in [1.165, 1.54) is 17.9 Å². The summed E-state index contributed by atoms with van der Waals surface area (Å²) < 4.78 is 6.13. The van der Waals surface area contributed by atoms with Crippen LogP contribution in [-0.2, 0) is 9.53 Å². The van der Waals surface area contributed by atoms with Gasteiger partial charge in [0.05, 0.1) is 10.9 Å². The standard InChI is InChI=1S/C14H17N3O3S/c1-10(8-15-13(18)9-20-2)17-14(19)6-5-11(16-17)12-4-3-7-21-12/h3-7,10H,8-9H2,1-2H3,(H,15,18). The minimum absolute atomic E-state index is 0.00425. The van der Waals surface area contributed by atoms with Crippen LogP contribution in [0.5, 0.6) is 0 Å². The van der Waals surface area contributed by atoms with Crippen molar-refractivity contribution < 1.29 is 9.53 Å². The average Bonchev–Trinajstić information content (AvgIpc) is 3.00. The van der Waals surface area contributed by atoms with Gasteiger partial charge in [-0.15, -0.1) is 11.3 Å². The summed E-state index contributed by atoms with van der Waals surface area (Å²) in [5.74, 6) is -0.216. The number of thiophene rings is 1. The fourth-order valence-corrected chi connectivity index (χ4v) is 2.52. The van der Waals surface area contributed by atoms with Crippen LogP contribution < -0.4 is 10.9 Å². The van der Waals surface area contributed by atoms with Gasteiger partial charge in [0.2, 0.25) is 5.91 Å². The first kappa shape index (κ1) is 15.4. The Hall–Kier alpha value is -1.99. The van der Waals surface area contributed by atoms with Gasteiger partial charge in [-0.05, 0) is 24.4 Å². The second-order valence-electron chi connectivity index (χ2n) is 4.56. The van der Waals surface area contributed by atoms with Gasteiger partial charge in [0, 0.05) is 19.7 Å². The van der Waals surface area contributed by atoms with Crippen LogP contribution in [0.4, 0.5) is 0 Å². The number of nitrogens with one attached hydrogen (secondary N) is 1. The molecule has 1 amide bonds. The fourth-order valence-electron chi connectivity index (χ4n) is 1.83. The van der Waals surface area contributed by atoms with Gasteiger partial charge in [-0.1, -0.05) is 6.07 Å². The molecule has 0 radical (unpaired) electrons. The molecule has 0 aliphatic rings. The van der Waals surface area contributed by atoms with Crippen LogP contribution in [0.2, 0.25) is 0 Å². The molecular formula is C14H17N3O3S. The zero-order valence-electron chi connectivity index (χ0n) is 11.9. The van der Waals surface area contributed by atoms with Gasteiger partial charge >= 0.3 is 0 Å². The lowest BCUT2D eigenvalue weighted by Gasteiger charge is -2.15. The van der Waals surface area contributed by atoms with Crippen molar-refractivity contribution in [2.75, 3.05) is 20.3 Å². The van der Waals surface area contributed by atoms with Crippen molar-refractivity contribution in [1.29, 1.82) is 0 Å². The van der Waals surface area contributed by atoms with Gasteiger partial charge in [0.1, 0.15) is 12.3 Å². The van der Waals surface area contributed by atoms with Crippen LogP contribution in [0.3, 0.4) is 0 Å². The zero-order valence-corrected chi connectivity index (χ0v) is 12.7. The minimum atomic E-state index is -0.238. The maximum absolute atomic E-state index is 11.9. The van der Waals surface area contributed by atoms with Crippen LogP contribution in [0.15, 0.2) is 34.4 Å². The third-order valence-electron chi connectivity index (χ3n) is 2.89. The predicted octanol–water partition coefficient (Wildman–Crippen LogP) is 1.30. The second-order valence-corrected chi connectivity index (χ2v) is 5.51. The average molecular weight is 307 g/mol. The molecule has 7 heteroatoms. The molecule has 0 spiro atoms. The first-order valence-corrected chi connectivity index (χ1v) is 7.39. The Morgan fingerprint density at radius 2 is 2.29 bits per heavy atom. The monoisotopic (exact) mass is 307 g/mol. The lowest BCUT2D eigenvalue weighted by atomic mass is 10.3. The predicted molar refractivity (Wildman–Crippen MR) is 81.4 cm³/mol. The van der Waals surface area contributed by atoms with E-state index in [2.05, 4.69) is 10.4 Å². The molecule has 1 atom stereocenters. The van der Waals surface area contributed by atoms with Crippen molar-refractivity contribution in [3.8, 4) is 10.6 Å². The Bertz CT molecular complexity index is 652. The first-order valence-electron chi connectivity index (χ1n) is 6.51. The van der Waals surface area contributed by atoms with Crippen molar-refractivity contribution in [3.05, 3.63) is 40.0 Å². The van der Waals surface area contributed by atoms with Crippen molar-refractivity contribution in [3.63, 3.8) is 0 Å². The summed E-state index contributed by atoms with van der Waals surface area (Å²) in [6, 6.07) is 6.85.